The molecule has 2 N–H and O–H groups in total. The van der Waals surface area contributed by atoms with Gasteiger partial charge in [0.1, 0.15) is 19.5 Å². The zero-order valence-electron chi connectivity index (χ0n) is 19.6. The molecule has 1 aliphatic heterocycles. The molecular formula is C23H20BrN5O8S. The highest BCUT2D eigenvalue weighted by Gasteiger charge is 2.77. The number of halogens is 1. The van der Waals surface area contributed by atoms with Crippen LogP contribution in [0, 0.1) is 5.41 Å². The van der Waals surface area contributed by atoms with E-state index in [2.05, 4.69) is 40.6 Å². The average molecular weight is 606 g/mol. The molecule has 38 heavy (non-hydrogen) atoms. The van der Waals surface area contributed by atoms with Gasteiger partial charge >= 0.3 is 12.0 Å². The number of fused-ring (bicyclic) bond motifs is 1. The zero-order chi connectivity index (χ0) is 26.5. The van der Waals surface area contributed by atoms with Gasteiger partial charge in [0.05, 0.1) is 20.2 Å². The lowest BCUT2D eigenvalue weighted by molar-refractivity contribution is -0.178. The van der Waals surface area contributed by atoms with Crippen molar-refractivity contribution in [3.8, 4) is 34.5 Å². The van der Waals surface area contributed by atoms with Gasteiger partial charge in [-0.15, -0.1) is 0 Å². The first kappa shape index (κ1) is 24.6. The summed E-state index contributed by atoms with van der Waals surface area (Å²) in [6.45, 7) is 0.204. The lowest BCUT2D eigenvalue weighted by Crippen LogP contribution is -2.74. The lowest BCUT2D eigenvalue weighted by atomic mass is 9.43. The number of benzene rings is 1. The largest absolute Gasteiger partial charge is 0.481 e. The number of hydrogen-bond donors (Lipinski definition) is 2. The molecule has 3 saturated carbocycles. The topological polar surface area (TPSA) is 172 Å². The molecule has 0 amide bonds. The minimum atomic E-state index is -3.97. The van der Waals surface area contributed by atoms with E-state index in [0.29, 0.717) is 21.5 Å². The second kappa shape index (κ2) is 8.94. The second-order valence-corrected chi connectivity index (χ2v) is 12.2. The van der Waals surface area contributed by atoms with E-state index in [1.807, 2.05) is 0 Å². The van der Waals surface area contributed by atoms with Crippen LogP contribution < -0.4 is 23.7 Å². The fourth-order valence-electron chi connectivity index (χ4n) is 4.96. The van der Waals surface area contributed by atoms with E-state index in [1.54, 1.807) is 30.6 Å². The summed E-state index contributed by atoms with van der Waals surface area (Å²) < 4.78 is 51.1. The maximum Gasteiger partial charge on any atom is 0.316 e. The van der Waals surface area contributed by atoms with Crippen molar-refractivity contribution in [1.29, 1.82) is 0 Å². The van der Waals surface area contributed by atoms with Crippen LogP contribution in [0.1, 0.15) is 19.3 Å². The fourth-order valence-corrected chi connectivity index (χ4v) is 7.19. The minimum Gasteiger partial charge on any atom is -0.481 e. The Balaban J connectivity index is 1.26. The van der Waals surface area contributed by atoms with E-state index < -0.39 is 26.2 Å². The molecule has 3 heterocycles. The molecule has 3 aromatic rings. The van der Waals surface area contributed by atoms with Gasteiger partial charge in [-0.3, -0.25) is 9.52 Å². The van der Waals surface area contributed by atoms with Crippen LogP contribution in [0.15, 0.2) is 41.4 Å². The van der Waals surface area contributed by atoms with E-state index in [-0.39, 0.29) is 62.5 Å². The van der Waals surface area contributed by atoms with Crippen LogP contribution in [0.4, 0.5) is 5.82 Å². The van der Waals surface area contributed by atoms with Crippen LogP contribution in [0.3, 0.4) is 0 Å². The van der Waals surface area contributed by atoms with Crippen LogP contribution in [0.25, 0.3) is 11.1 Å². The number of hydrogen-bond acceptors (Lipinski definition) is 11. The van der Waals surface area contributed by atoms with Crippen molar-refractivity contribution in [2.75, 3.05) is 24.7 Å². The normalized spacial score (nSPS) is 22.7. The molecule has 7 rings (SSSR count). The first-order valence-electron chi connectivity index (χ1n) is 11.4. The third-order valence-electron chi connectivity index (χ3n) is 6.86. The predicted octanol–water partition coefficient (Wildman–Crippen LogP) is 2.63. The zero-order valence-corrected chi connectivity index (χ0v) is 22.0. The lowest BCUT2D eigenvalue weighted by Gasteiger charge is -2.66. The van der Waals surface area contributed by atoms with Crippen LogP contribution >= 0.6 is 15.9 Å². The molecule has 3 aliphatic carbocycles. The monoisotopic (exact) mass is 605 g/mol. The van der Waals surface area contributed by atoms with E-state index in [0.717, 1.165) is 0 Å². The standard InChI is InChI=1S/C23H20BrN5O8S/c24-14-6-25-21(26-7-14)35-4-3-34-19-17(13-1-2-15-16(5-13)37-12-36-15)18(27-11-28-19)29-38(32,33)23-8-22(9-23,10-23)20(30)31/h1-2,5-7,11H,3-4,8-10,12H2,(H,30,31)(H,27,28,29). The number of rotatable bonds is 10. The molecular weight excluding hydrogens is 586 g/mol. The molecule has 13 nitrogen and oxygen atoms in total. The summed E-state index contributed by atoms with van der Waals surface area (Å²) in [5.41, 5.74) is -0.138. The number of ether oxygens (including phenoxy) is 4. The van der Waals surface area contributed by atoms with Crippen LogP contribution in [-0.2, 0) is 14.8 Å². The number of aromatic nitrogens is 4. The minimum absolute atomic E-state index is 0.000117. The Labute approximate surface area is 224 Å². The average Bonchev–Trinajstić information content (AvgIpc) is 3.28. The smallest absolute Gasteiger partial charge is 0.316 e. The summed E-state index contributed by atoms with van der Waals surface area (Å²) in [7, 11) is -3.97. The molecule has 4 aliphatic rings. The van der Waals surface area contributed by atoms with Crippen LogP contribution in [-0.4, -0.2) is 64.2 Å². The maximum absolute atomic E-state index is 13.3. The molecule has 3 fully saturated rings. The molecule has 0 unspecified atom stereocenters. The molecule has 2 aromatic heterocycles. The molecule has 15 heteroatoms. The van der Waals surface area contributed by atoms with Gasteiger partial charge in [0, 0.05) is 12.4 Å². The van der Waals surface area contributed by atoms with Gasteiger partial charge in [-0.2, -0.15) is 0 Å². The molecule has 0 radical (unpaired) electrons. The molecule has 2 bridgehead atoms. The van der Waals surface area contributed by atoms with E-state index in [9.17, 15) is 18.3 Å². The number of sulfonamides is 1. The molecule has 198 valence electrons. The molecule has 1 aromatic carbocycles. The first-order chi connectivity index (χ1) is 18.2. The van der Waals surface area contributed by atoms with Crippen molar-refractivity contribution in [2.45, 2.75) is 24.0 Å². The summed E-state index contributed by atoms with van der Waals surface area (Å²) in [6.07, 6.45) is 4.47. The van der Waals surface area contributed by atoms with E-state index >= 15 is 0 Å². The third kappa shape index (κ3) is 4.05. The Morgan fingerprint density at radius 1 is 1.05 bits per heavy atom. The van der Waals surface area contributed by atoms with E-state index in [1.165, 1.54) is 6.33 Å². The van der Waals surface area contributed by atoms with E-state index in [4.69, 9.17) is 18.9 Å². The SMILES string of the molecule is O=C(O)C12CC(S(=O)(=O)Nc3ncnc(OCCOc4ncc(Br)cn4)c3-c3ccc4c(c3)OCO4)(C1)C2. The van der Waals surface area contributed by atoms with Crippen molar-refractivity contribution >= 4 is 37.7 Å². The van der Waals surface area contributed by atoms with Gasteiger partial charge in [-0.25, -0.2) is 28.4 Å². The van der Waals surface area contributed by atoms with Crippen molar-refractivity contribution < 1.29 is 37.3 Å². The van der Waals surface area contributed by atoms with Gasteiger partial charge in [-0.1, -0.05) is 6.07 Å². The highest BCUT2D eigenvalue weighted by molar-refractivity contribution is 9.10. The van der Waals surface area contributed by atoms with Crippen LogP contribution in [0.2, 0.25) is 0 Å². The number of nitrogens with zero attached hydrogens (tertiary/aromatic N) is 4. The Morgan fingerprint density at radius 3 is 2.50 bits per heavy atom. The maximum atomic E-state index is 13.3. The summed E-state index contributed by atoms with van der Waals surface area (Å²) in [6, 6.07) is 5.25. The Bertz CT molecular complexity index is 1520. The number of carboxylic acid groups (broad SMARTS) is 1. The number of carbonyl (C=O) groups is 1. The number of carboxylic acids is 1. The summed E-state index contributed by atoms with van der Waals surface area (Å²) >= 11 is 3.25. The number of aliphatic carboxylic acids is 1. The second-order valence-electron chi connectivity index (χ2n) is 9.26. The highest BCUT2D eigenvalue weighted by atomic mass is 79.9. The molecule has 0 atom stereocenters. The Hall–Kier alpha value is -3.72. The Kier molecular flexibility index (Phi) is 5.79. The first-order valence-corrected chi connectivity index (χ1v) is 13.7. The van der Waals surface area contributed by atoms with Crippen LogP contribution in [0.5, 0.6) is 23.4 Å². The predicted molar refractivity (Wildman–Crippen MR) is 134 cm³/mol. The quantitative estimate of drug-likeness (QED) is 0.324. The van der Waals surface area contributed by atoms with Gasteiger partial charge in [0.25, 0.3) is 0 Å². The van der Waals surface area contributed by atoms with Crippen molar-refractivity contribution in [3.63, 3.8) is 0 Å². The third-order valence-corrected chi connectivity index (χ3v) is 9.30. The van der Waals surface area contributed by atoms with Crippen molar-refractivity contribution in [3.05, 3.63) is 41.4 Å². The van der Waals surface area contributed by atoms with Gasteiger partial charge < -0.3 is 24.1 Å². The van der Waals surface area contributed by atoms with Crippen molar-refractivity contribution in [2.24, 2.45) is 5.41 Å². The number of anilines is 1. The van der Waals surface area contributed by atoms with Gasteiger partial charge in [-0.05, 0) is 52.9 Å². The molecule has 0 saturated heterocycles. The fraction of sp³-hybridized carbons (Fsp3) is 0.348. The number of nitrogens with one attached hydrogen (secondary N) is 1. The highest BCUT2D eigenvalue weighted by Crippen LogP contribution is 2.71. The summed E-state index contributed by atoms with van der Waals surface area (Å²) in [5.74, 6) is 0.163. The Morgan fingerprint density at radius 2 is 1.76 bits per heavy atom. The van der Waals surface area contributed by atoms with Gasteiger partial charge in [0.2, 0.25) is 22.7 Å². The molecule has 0 spiro atoms. The summed E-state index contributed by atoms with van der Waals surface area (Å²) in [4.78, 5) is 28.0. The van der Waals surface area contributed by atoms with Crippen molar-refractivity contribution in [1.82, 2.24) is 19.9 Å². The summed E-state index contributed by atoms with van der Waals surface area (Å²) in [5, 5.41) is 9.40. The van der Waals surface area contributed by atoms with Gasteiger partial charge in [0.15, 0.2) is 17.3 Å².